The molecule has 2 aliphatic rings. The molecule has 1 aromatic carbocycles. The molecule has 2 aliphatic heterocycles. The van der Waals surface area contributed by atoms with Crippen LogP contribution in [0.4, 0.5) is 21.9 Å². The number of nitrogens with zero attached hydrogens (tertiary/aromatic N) is 3. The Hall–Kier alpha value is -3.10. The summed E-state index contributed by atoms with van der Waals surface area (Å²) in [6.45, 7) is 1.20. The van der Waals surface area contributed by atoms with E-state index in [1.807, 2.05) is 0 Å². The van der Waals surface area contributed by atoms with Gasteiger partial charge in [0, 0.05) is 18.8 Å². The predicted molar refractivity (Wildman–Crippen MR) is 86.5 cm³/mol. The largest absolute Gasteiger partial charge is 0.399 e. The minimum atomic E-state index is -0.758. The molecule has 0 radical (unpaired) electrons. The number of hydrazine groups is 1. The summed E-state index contributed by atoms with van der Waals surface area (Å²) in [6, 6.07) is 3.91. The number of carbonyl (C=O) groups excluding carboxylic acids is 2. The number of aliphatic imine (C=N–C) groups is 1. The highest BCUT2D eigenvalue weighted by Crippen LogP contribution is 2.29. The van der Waals surface area contributed by atoms with Gasteiger partial charge in [0.1, 0.15) is 0 Å². The maximum Gasteiger partial charge on any atom is 0.316 e. The van der Waals surface area contributed by atoms with E-state index in [-0.39, 0.29) is 17.5 Å². The second kappa shape index (κ2) is 5.59. The molecule has 120 valence electrons. The number of benzene rings is 1. The average molecular weight is 315 g/mol. The van der Waals surface area contributed by atoms with Crippen LogP contribution in [0.3, 0.4) is 0 Å². The lowest BCUT2D eigenvalue weighted by molar-refractivity contribution is -0.134. The minimum Gasteiger partial charge on any atom is -0.399 e. The van der Waals surface area contributed by atoms with Crippen LogP contribution in [0.25, 0.3) is 0 Å². The molecule has 6 N–H and O–H groups in total. The van der Waals surface area contributed by atoms with Gasteiger partial charge in [-0.1, -0.05) is 0 Å². The molecule has 0 atom stereocenters. The number of fused-ring (bicyclic) bond motifs is 1. The van der Waals surface area contributed by atoms with Crippen LogP contribution in [-0.4, -0.2) is 46.6 Å². The Morgan fingerprint density at radius 1 is 1.26 bits per heavy atom. The Morgan fingerprint density at radius 3 is 2.61 bits per heavy atom. The minimum absolute atomic E-state index is 0.0455. The van der Waals surface area contributed by atoms with Gasteiger partial charge in [-0.2, -0.15) is 0 Å². The lowest BCUT2D eigenvalue weighted by Gasteiger charge is -2.32. The Kier molecular flexibility index (Phi) is 3.61. The number of hydrogen-bond acceptors (Lipinski definition) is 5. The van der Waals surface area contributed by atoms with Gasteiger partial charge in [0.05, 0.1) is 11.4 Å². The van der Waals surface area contributed by atoms with Crippen molar-refractivity contribution in [3.63, 3.8) is 0 Å². The van der Waals surface area contributed by atoms with E-state index in [0.717, 1.165) is 12.8 Å². The number of carbonyl (C=O) groups is 2. The van der Waals surface area contributed by atoms with Gasteiger partial charge in [0.2, 0.25) is 0 Å². The Bertz CT molecular complexity index is 702. The van der Waals surface area contributed by atoms with Crippen LogP contribution < -0.4 is 16.8 Å². The van der Waals surface area contributed by atoms with Gasteiger partial charge < -0.3 is 16.8 Å². The van der Waals surface area contributed by atoms with Crippen molar-refractivity contribution in [2.45, 2.75) is 12.8 Å². The summed E-state index contributed by atoms with van der Waals surface area (Å²) in [5, 5.41) is 13.7. The molecular formula is C14H17N7O2. The number of hydrogen-bond donors (Lipinski definition) is 4. The molecule has 0 unspecified atom stereocenters. The number of nitrogens with two attached hydrogens (primary N) is 2. The normalized spacial score (nSPS) is 19.2. The highest BCUT2D eigenvalue weighted by atomic mass is 16.2. The van der Waals surface area contributed by atoms with Gasteiger partial charge in [-0.05, 0) is 31.0 Å². The van der Waals surface area contributed by atoms with Gasteiger partial charge >= 0.3 is 6.03 Å². The van der Waals surface area contributed by atoms with Crippen LogP contribution in [0.2, 0.25) is 0 Å². The van der Waals surface area contributed by atoms with Gasteiger partial charge in [-0.25, -0.2) is 14.8 Å². The highest BCUT2D eigenvalue weighted by Gasteiger charge is 2.40. The van der Waals surface area contributed by atoms with Gasteiger partial charge in [-0.3, -0.25) is 15.2 Å². The maximum atomic E-state index is 12.4. The van der Waals surface area contributed by atoms with Crippen molar-refractivity contribution in [3.05, 3.63) is 18.2 Å². The second-order valence-electron chi connectivity index (χ2n) is 5.33. The topological polar surface area (TPSA) is 141 Å². The summed E-state index contributed by atoms with van der Waals surface area (Å²) >= 11 is 0. The molecule has 0 saturated carbocycles. The van der Waals surface area contributed by atoms with Crippen LogP contribution in [0.5, 0.6) is 0 Å². The SMILES string of the molecule is N=C1C(=Nc2ccc(N)cc2NC(N)=O)C(=O)N2CCCCN12. The molecular weight excluding hydrogens is 298 g/mol. The Morgan fingerprint density at radius 2 is 1.96 bits per heavy atom. The van der Waals surface area contributed by atoms with Crippen LogP contribution in [-0.2, 0) is 4.79 Å². The van der Waals surface area contributed by atoms with Crippen LogP contribution in [0.1, 0.15) is 12.8 Å². The summed E-state index contributed by atoms with van der Waals surface area (Å²) in [4.78, 5) is 27.8. The quantitative estimate of drug-likeness (QED) is 0.595. The molecule has 0 aromatic heterocycles. The first-order chi connectivity index (χ1) is 11.0. The number of nitrogens with one attached hydrogen (secondary N) is 2. The molecule has 9 nitrogen and oxygen atoms in total. The van der Waals surface area contributed by atoms with E-state index in [4.69, 9.17) is 16.9 Å². The summed E-state index contributed by atoms with van der Waals surface area (Å²) in [6.07, 6.45) is 1.83. The number of urea groups is 1. The van der Waals surface area contributed by atoms with Crippen molar-refractivity contribution in [1.29, 1.82) is 5.41 Å². The van der Waals surface area contributed by atoms with E-state index < -0.39 is 6.03 Å². The molecule has 23 heavy (non-hydrogen) atoms. The van der Waals surface area contributed by atoms with Gasteiger partial charge in [0.15, 0.2) is 11.5 Å². The molecule has 0 bridgehead atoms. The zero-order valence-corrected chi connectivity index (χ0v) is 12.4. The Balaban J connectivity index is 1.99. The number of primary amides is 1. The molecule has 3 amide bonds. The molecule has 3 rings (SSSR count). The van der Waals surface area contributed by atoms with Crippen molar-refractivity contribution in [2.75, 3.05) is 24.1 Å². The van der Waals surface area contributed by atoms with E-state index in [9.17, 15) is 9.59 Å². The molecule has 1 aromatic rings. The first kappa shape index (κ1) is 14.8. The molecule has 2 saturated heterocycles. The second-order valence-corrected chi connectivity index (χ2v) is 5.33. The predicted octanol–water partition coefficient (Wildman–Crippen LogP) is 0.662. The van der Waals surface area contributed by atoms with Crippen molar-refractivity contribution >= 4 is 40.5 Å². The van der Waals surface area contributed by atoms with Crippen LogP contribution in [0, 0.1) is 5.41 Å². The van der Waals surface area contributed by atoms with Crippen molar-refractivity contribution in [1.82, 2.24) is 10.0 Å². The number of anilines is 2. The fourth-order valence-corrected chi connectivity index (χ4v) is 2.66. The summed E-state index contributed by atoms with van der Waals surface area (Å²) in [7, 11) is 0. The third kappa shape index (κ3) is 2.68. The standard InChI is InChI=1S/C14H17N7O2/c15-8-3-4-9(10(7-8)19-14(17)23)18-11-12(16)20-5-1-2-6-21(20)13(11)22/h3-4,7,16H,1-2,5-6,15H2,(H3,17,19,23). The third-order valence-corrected chi connectivity index (χ3v) is 3.71. The number of nitrogen functional groups attached to an aromatic ring is 1. The van der Waals surface area contributed by atoms with E-state index in [1.165, 1.54) is 11.1 Å². The zero-order chi connectivity index (χ0) is 16.6. The molecule has 2 fully saturated rings. The smallest absolute Gasteiger partial charge is 0.316 e. The number of amidine groups is 1. The number of amides is 3. The summed E-state index contributed by atoms with van der Waals surface area (Å²) < 4.78 is 0. The van der Waals surface area contributed by atoms with Crippen molar-refractivity contribution in [2.24, 2.45) is 10.7 Å². The summed E-state index contributed by atoms with van der Waals surface area (Å²) in [5.74, 6) is -0.242. The molecule has 9 heteroatoms. The van der Waals surface area contributed by atoms with Gasteiger partial charge in [0.25, 0.3) is 5.91 Å². The molecule has 0 aliphatic carbocycles. The van der Waals surface area contributed by atoms with E-state index in [1.54, 1.807) is 17.1 Å². The summed E-state index contributed by atoms with van der Waals surface area (Å²) in [5.41, 5.74) is 11.9. The van der Waals surface area contributed by atoms with E-state index >= 15 is 0 Å². The maximum absolute atomic E-state index is 12.4. The zero-order valence-electron chi connectivity index (χ0n) is 12.4. The van der Waals surface area contributed by atoms with E-state index in [2.05, 4.69) is 10.3 Å². The van der Waals surface area contributed by atoms with Gasteiger partial charge in [-0.15, -0.1) is 0 Å². The Labute approximate surface area is 132 Å². The lowest BCUT2D eigenvalue weighted by atomic mass is 10.2. The van der Waals surface area contributed by atoms with Crippen molar-refractivity contribution in [3.8, 4) is 0 Å². The fourth-order valence-electron chi connectivity index (χ4n) is 2.66. The van der Waals surface area contributed by atoms with E-state index in [0.29, 0.717) is 30.2 Å². The van der Waals surface area contributed by atoms with Crippen LogP contribution in [0.15, 0.2) is 23.2 Å². The lowest BCUT2D eigenvalue weighted by Crippen LogP contribution is -2.45. The molecule has 2 heterocycles. The first-order valence-electron chi connectivity index (χ1n) is 7.20. The first-order valence-corrected chi connectivity index (χ1v) is 7.20. The highest BCUT2D eigenvalue weighted by molar-refractivity contribution is 6.68. The van der Waals surface area contributed by atoms with Crippen molar-refractivity contribution < 1.29 is 9.59 Å². The third-order valence-electron chi connectivity index (χ3n) is 3.71. The molecule has 0 spiro atoms. The van der Waals surface area contributed by atoms with Crippen LogP contribution >= 0.6 is 0 Å². The fraction of sp³-hybridized carbons (Fsp3) is 0.286. The monoisotopic (exact) mass is 315 g/mol. The number of rotatable bonds is 2. The average Bonchev–Trinajstić information content (AvgIpc) is 2.75.